The lowest BCUT2D eigenvalue weighted by Gasteiger charge is -2.28. The van der Waals surface area contributed by atoms with Gasteiger partial charge in [-0.05, 0) is 31.4 Å². The van der Waals surface area contributed by atoms with Gasteiger partial charge in [0.25, 0.3) is 5.91 Å². The number of nitrogens with zero attached hydrogens (tertiary/aromatic N) is 4. The number of piperidine rings is 1. The van der Waals surface area contributed by atoms with Crippen molar-refractivity contribution in [2.75, 3.05) is 42.3 Å². The first-order valence-electron chi connectivity index (χ1n) is 8.41. The van der Waals surface area contributed by atoms with E-state index in [1.807, 2.05) is 19.0 Å². The highest BCUT2D eigenvalue weighted by atomic mass is 19.1. The summed E-state index contributed by atoms with van der Waals surface area (Å²) in [6, 6.07) is 5.88. The summed E-state index contributed by atoms with van der Waals surface area (Å²) in [4.78, 5) is 25.3. The summed E-state index contributed by atoms with van der Waals surface area (Å²) in [5, 5.41) is 2.72. The first-order valence-corrected chi connectivity index (χ1v) is 8.41. The van der Waals surface area contributed by atoms with Crippen LogP contribution in [0.15, 0.2) is 30.5 Å². The van der Waals surface area contributed by atoms with Crippen molar-refractivity contribution in [2.45, 2.75) is 19.3 Å². The molecule has 0 atom stereocenters. The zero-order valence-electron chi connectivity index (χ0n) is 14.5. The van der Waals surface area contributed by atoms with E-state index in [2.05, 4.69) is 20.2 Å². The van der Waals surface area contributed by atoms with Gasteiger partial charge in [-0.15, -0.1) is 0 Å². The topological polar surface area (TPSA) is 61.4 Å². The Bertz CT molecular complexity index is 759. The first kappa shape index (κ1) is 17.1. The minimum absolute atomic E-state index is 0.00712. The number of hydrogen-bond acceptors (Lipinski definition) is 5. The van der Waals surface area contributed by atoms with Gasteiger partial charge in [0, 0.05) is 27.2 Å². The van der Waals surface area contributed by atoms with Crippen molar-refractivity contribution in [1.82, 2.24) is 9.97 Å². The molecule has 1 aliphatic rings. The summed E-state index contributed by atoms with van der Waals surface area (Å²) in [5.41, 5.74) is 0.450. The van der Waals surface area contributed by atoms with Gasteiger partial charge in [0.1, 0.15) is 11.5 Å². The van der Waals surface area contributed by atoms with Crippen molar-refractivity contribution < 1.29 is 9.18 Å². The molecule has 0 saturated carbocycles. The average molecular weight is 343 g/mol. The fourth-order valence-electron chi connectivity index (χ4n) is 2.87. The van der Waals surface area contributed by atoms with Crippen LogP contribution in [0.1, 0.15) is 29.6 Å². The number of nitrogens with one attached hydrogen (secondary N) is 1. The Morgan fingerprint density at radius 3 is 2.60 bits per heavy atom. The number of halogens is 1. The molecule has 1 aromatic carbocycles. The summed E-state index contributed by atoms with van der Waals surface area (Å²) in [6.07, 6.45) is 5.08. The SMILES string of the molecule is CN(C)c1nc(N2CCCCC2)ncc1NC(=O)c1ccccc1F. The van der Waals surface area contributed by atoms with Crippen LogP contribution in [0.4, 0.5) is 21.8 Å². The van der Waals surface area contributed by atoms with Gasteiger partial charge in [-0.2, -0.15) is 4.98 Å². The third-order valence-corrected chi connectivity index (χ3v) is 4.19. The molecule has 1 saturated heterocycles. The molecule has 1 aromatic heterocycles. The van der Waals surface area contributed by atoms with Gasteiger partial charge in [-0.1, -0.05) is 12.1 Å². The van der Waals surface area contributed by atoms with E-state index in [0.29, 0.717) is 17.5 Å². The number of anilines is 3. The van der Waals surface area contributed by atoms with E-state index in [1.165, 1.54) is 18.6 Å². The standard InChI is InChI=1S/C18H22FN5O/c1-23(2)16-15(21-17(25)13-8-4-5-9-14(13)19)12-20-18(22-16)24-10-6-3-7-11-24/h4-5,8-9,12H,3,6-7,10-11H2,1-2H3,(H,21,25). The molecule has 1 fully saturated rings. The highest BCUT2D eigenvalue weighted by Crippen LogP contribution is 2.25. The smallest absolute Gasteiger partial charge is 0.258 e. The second-order valence-corrected chi connectivity index (χ2v) is 6.28. The van der Waals surface area contributed by atoms with Crippen molar-refractivity contribution in [1.29, 1.82) is 0 Å². The molecule has 0 unspecified atom stereocenters. The van der Waals surface area contributed by atoms with Gasteiger partial charge in [-0.25, -0.2) is 9.37 Å². The first-order chi connectivity index (χ1) is 12.1. The second kappa shape index (κ2) is 7.46. The summed E-state index contributed by atoms with van der Waals surface area (Å²) in [5.74, 6) is 0.181. The fraction of sp³-hybridized carbons (Fsp3) is 0.389. The van der Waals surface area contributed by atoms with Crippen LogP contribution in [-0.2, 0) is 0 Å². The van der Waals surface area contributed by atoms with E-state index in [9.17, 15) is 9.18 Å². The zero-order valence-corrected chi connectivity index (χ0v) is 14.5. The maximum absolute atomic E-state index is 13.8. The highest BCUT2D eigenvalue weighted by Gasteiger charge is 2.19. The van der Waals surface area contributed by atoms with Crippen LogP contribution in [0.5, 0.6) is 0 Å². The van der Waals surface area contributed by atoms with Gasteiger partial charge in [-0.3, -0.25) is 4.79 Å². The molecule has 2 aromatic rings. The van der Waals surface area contributed by atoms with Crippen LogP contribution in [0.25, 0.3) is 0 Å². The average Bonchev–Trinajstić information content (AvgIpc) is 2.63. The summed E-state index contributed by atoms with van der Waals surface area (Å²) < 4.78 is 13.8. The van der Waals surface area contributed by atoms with Gasteiger partial charge in [0.2, 0.25) is 5.95 Å². The second-order valence-electron chi connectivity index (χ2n) is 6.28. The third-order valence-electron chi connectivity index (χ3n) is 4.19. The quantitative estimate of drug-likeness (QED) is 0.925. The molecular weight excluding hydrogens is 321 g/mol. The van der Waals surface area contributed by atoms with E-state index >= 15 is 0 Å². The lowest BCUT2D eigenvalue weighted by atomic mass is 10.1. The van der Waals surface area contributed by atoms with Gasteiger partial charge in [0.15, 0.2) is 5.82 Å². The Labute approximate surface area is 146 Å². The monoisotopic (exact) mass is 343 g/mol. The molecule has 0 radical (unpaired) electrons. The Kier molecular flexibility index (Phi) is 5.11. The van der Waals surface area contributed by atoms with Crippen molar-refractivity contribution in [3.05, 3.63) is 41.8 Å². The summed E-state index contributed by atoms with van der Waals surface area (Å²) in [7, 11) is 3.70. The van der Waals surface area contributed by atoms with Crippen molar-refractivity contribution in [2.24, 2.45) is 0 Å². The molecule has 1 aliphatic heterocycles. The number of rotatable bonds is 4. The Balaban J connectivity index is 1.85. The predicted molar refractivity (Wildman–Crippen MR) is 96.8 cm³/mol. The maximum atomic E-state index is 13.8. The Hall–Kier alpha value is -2.70. The molecule has 25 heavy (non-hydrogen) atoms. The lowest BCUT2D eigenvalue weighted by Crippen LogP contribution is -2.31. The molecule has 0 spiro atoms. The Morgan fingerprint density at radius 2 is 1.92 bits per heavy atom. The Morgan fingerprint density at radius 1 is 1.20 bits per heavy atom. The molecule has 1 amide bonds. The molecule has 3 rings (SSSR count). The summed E-state index contributed by atoms with van der Waals surface area (Å²) in [6.45, 7) is 1.88. The fourth-order valence-corrected chi connectivity index (χ4v) is 2.87. The van der Waals surface area contributed by atoms with Crippen LogP contribution < -0.4 is 15.1 Å². The van der Waals surface area contributed by atoms with E-state index < -0.39 is 11.7 Å². The number of carbonyl (C=O) groups is 1. The third kappa shape index (κ3) is 3.87. The molecule has 6 nitrogen and oxygen atoms in total. The lowest BCUT2D eigenvalue weighted by molar-refractivity contribution is 0.102. The van der Waals surface area contributed by atoms with E-state index in [0.717, 1.165) is 25.9 Å². The van der Waals surface area contributed by atoms with Gasteiger partial charge in [0.05, 0.1) is 11.8 Å². The molecule has 1 N–H and O–H groups in total. The largest absolute Gasteiger partial charge is 0.361 e. The molecule has 132 valence electrons. The maximum Gasteiger partial charge on any atom is 0.258 e. The highest BCUT2D eigenvalue weighted by molar-refractivity contribution is 6.05. The summed E-state index contributed by atoms with van der Waals surface area (Å²) >= 11 is 0. The number of amides is 1. The van der Waals surface area contributed by atoms with Gasteiger partial charge < -0.3 is 15.1 Å². The normalized spacial score (nSPS) is 14.3. The van der Waals surface area contributed by atoms with Crippen LogP contribution in [0.3, 0.4) is 0 Å². The predicted octanol–water partition coefficient (Wildman–Crippen LogP) is 2.92. The number of hydrogen-bond donors (Lipinski definition) is 1. The van der Waals surface area contributed by atoms with E-state index in [1.54, 1.807) is 18.3 Å². The molecule has 0 bridgehead atoms. The van der Waals surface area contributed by atoms with Crippen LogP contribution in [0.2, 0.25) is 0 Å². The van der Waals surface area contributed by atoms with Crippen molar-refractivity contribution in [3.63, 3.8) is 0 Å². The van der Waals surface area contributed by atoms with Crippen LogP contribution in [-0.4, -0.2) is 43.1 Å². The van der Waals surface area contributed by atoms with Gasteiger partial charge >= 0.3 is 0 Å². The minimum atomic E-state index is -0.558. The molecule has 7 heteroatoms. The van der Waals surface area contributed by atoms with Crippen LogP contribution in [0, 0.1) is 5.82 Å². The molecule has 0 aliphatic carbocycles. The minimum Gasteiger partial charge on any atom is -0.361 e. The number of aromatic nitrogens is 2. The van der Waals surface area contributed by atoms with E-state index in [4.69, 9.17) is 0 Å². The zero-order chi connectivity index (χ0) is 17.8. The molecule has 2 heterocycles. The number of benzene rings is 1. The number of carbonyl (C=O) groups excluding carboxylic acids is 1. The van der Waals surface area contributed by atoms with Crippen LogP contribution >= 0.6 is 0 Å². The van der Waals surface area contributed by atoms with E-state index in [-0.39, 0.29) is 5.56 Å². The molecular formula is C18H22FN5O. The van der Waals surface area contributed by atoms with Crippen molar-refractivity contribution >= 4 is 23.4 Å². The van der Waals surface area contributed by atoms with Crippen molar-refractivity contribution in [3.8, 4) is 0 Å².